The molecule has 2 aromatic carbocycles. The third kappa shape index (κ3) is 3.75. The molecule has 174 valence electrons. The van der Waals surface area contributed by atoms with Crippen LogP contribution in [0.5, 0.6) is 0 Å². The van der Waals surface area contributed by atoms with Crippen LogP contribution in [0, 0.1) is 5.82 Å². The Hall–Kier alpha value is -3.94. The monoisotopic (exact) mass is 460 g/mol. The number of hydrogen-bond acceptors (Lipinski definition) is 4. The highest BCUT2D eigenvalue weighted by Gasteiger charge is 2.42. The van der Waals surface area contributed by atoms with E-state index in [4.69, 9.17) is 4.74 Å². The minimum atomic E-state index is -0.499. The van der Waals surface area contributed by atoms with Crippen LogP contribution in [0.4, 0.5) is 14.9 Å². The zero-order chi connectivity index (χ0) is 24.0. The van der Waals surface area contributed by atoms with Crippen LogP contribution < -0.4 is 10.6 Å². The maximum Gasteiger partial charge on any atom is 0.414 e. The molecule has 3 heterocycles. The maximum absolute atomic E-state index is 13.4. The number of nitrogens with zero attached hydrogens (tertiary/aromatic N) is 4. The van der Waals surface area contributed by atoms with Crippen molar-refractivity contribution in [3.63, 3.8) is 0 Å². The van der Waals surface area contributed by atoms with E-state index in [0.717, 1.165) is 22.4 Å². The first-order valence-electron chi connectivity index (χ1n) is 11.1. The fourth-order valence-corrected chi connectivity index (χ4v) is 4.61. The van der Waals surface area contributed by atoms with Crippen LogP contribution in [-0.2, 0) is 30.2 Å². The average molecular weight is 461 g/mol. The minimum Gasteiger partial charge on any atom is -0.444 e. The summed E-state index contributed by atoms with van der Waals surface area (Å²) in [4.78, 5) is 27.8. The Morgan fingerprint density at radius 1 is 1.09 bits per heavy atom. The van der Waals surface area contributed by atoms with E-state index in [1.165, 1.54) is 16.8 Å². The fraction of sp³-hybridized carbons (Fsp3) is 0.269. The second-order valence-corrected chi connectivity index (χ2v) is 9.28. The van der Waals surface area contributed by atoms with Crippen LogP contribution in [-0.4, -0.2) is 26.8 Å². The molecule has 4 aromatic rings. The smallest absolute Gasteiger partial charge is 0.414 e. The number of carbonyl (C=O) groups is 1. The third-order valence-electron chi connectivity index (χ3n) is 6.21. The van der Waals surface area contributed by atoms with Crippen LogP contribution >= 0.6 is 0 Å². The van der Waals surface area contributed by atoms with Gasteiger partial charge in [0.15, 0.2) is 5.65 Å². The molecule has 5 rings (SSSR count). The number of hydrogen-bond donors (Lipinski definition) is 0. The van der Waals surface area contributed by atoms with Crippen LogP contribution in [0.25, 0.3) is 5.65 Å². The molecule has 1 aliphatic rings. The Morgan fingerprint density at radius 2 is 1.79 bits per heavy atom. The molecule has 0 saturated carbocycles. The van der Waals surface area contributed by atoms with Crippen molar-refractivity contribution in [1.29, 1.82) is 0 Å². The lowest BCUT2D eigenvalue weighted by Crippen LogP contribution is -2.34. The van der Waals surface area contributed by atoms with Gasteiger partial charge in [-0.25, -0.2) is 23.1 Å². The van der Waals surface area contributed by atoms with Crippen molar-refractivity contribution >= 4 is 17.4 Å². The standard InChI is InChI=1S/C26H25FN4O3/c1-26(2)16-30(25(33)34-15-18-7-5-4-6-8-18)21-14-19(13-17-9-11-20(27)12-10-17)23-28-29(3)24(32)31(23)22(21)26/h4-12,14H,13,15-16H2,1-3H3. The van der Waals surface area contributed by atoms with Crippen molar-refractivity contribution < 1.29 is 13.9 Å². The molecule has 1 amide bonds. The Balaban J connectivity index is 1.59. The molecule has 2 aromatic heterocycles. The van der Waals surface area contributed by atoms with Gasteiger partial charge in [-0.05, 0) is 29.3 Å². The van der Waals surface area contributed by atoms with Gasteiger partial charge in [0, 0.05) is 31.0 Å². The number of benzene rings is 2. The lowest BCUT2D eigenvalue weighted by atomic mass is 9.90. The number of halogens is 1. The molecule has 0 N–H and O–H groups in total. The van der Waals surface area contributed by atoms with Gasteiger partial charge in [-0.2, -0.15) is 0 Å². The average Bonchev–Trinajstić information content (AvgIpc) is 3.26. The zero-order valence-electron chi connectivity index (χ0n) is 19.3. The highest BCUT2D eigenvalue weighted by molar-refractivity contribution is 5.91. The van der Waals surface area contributed by atoms with E-state index in [9.17, 15) is 14.0 Å². The van der Waals surface area contributed by atoms with E-state index >= 15 is 0 Å². The summed E-state index contributed by atoms with van der Waals surface area (Å²) in [6, 6.07) is 17.6. The number of amides is 1. The predicted octanol–water partition coefficient (Wildman–Crippen LogP) is 4.20. The Kier molecular flexibility index (Phi) is 5.23. The molecule has 0 atom stereocenters. The van der Waals surface area contributed by atoms with Crippen molar-refractivity contribution in [2.24, 2.45) is 7.05 Å². The SMILES string of the molecule is Cn1nc2c(Cc3ccc(F)cc3)cc3c(n2c1=O)C(C)(C)CN3C(=O)OCc1ccccc1. The minimum absolute atomic E-state index is 0.156. The van der Waals surface area contributed by atoms with Gasteiger partial charge in [0.05, 0.1) is 11.4 Å². The van der Waals surface area contributed by atoms with Gasteiger partial charge in [-0.3, -0.25) is 4.90 Å². The fourth-order valence-electron chi connectivity index (χ4n) is 4.61. The molecule has 8 heteroatoms. The number of pyridine rings is 1. The van der Waals surface area contributed by atoms with E-state index < -0.39 is 11.5 Å². The molecule has 0 saturated heterocycles. The van der Waals surface area contributed by atoms with Gasteiger partial charge in [0.2, 0.25) is 0 Å². The first-order valence-corrected chi connectivity index (χ1v) is 11.1. The number of anilines is 1. The molecule has 0 fully saturated rings. The summed E-state index contributed by atoms with van der Waals surface area (Å²) >= 11 is 0. The first-order chi connectivity index (χ1) is 16.2. The number of fused-ring (bicyclic) bond motifs is 3. The van der Waals surface area contributed by atoms with E-state index in [1.807, 2.05) is 50.2 Å². The molecule has 0 bridgehead atoms. The Labute approximate surface area is 196 Å². The van der Waals surface area contributed by atoms with Gasteiger partial charge in [0.1, 0.15) is 12.4 Å². The maximum atomic E-state index is 13.4. The van der Waals surface area contributed by atoms with Crippen LogP contribution in [0.2, 0.25) is 0 Å². The third-order valence-corrected chi connectivity index (χ3v) is 6.21. The molecule has 7 nitrogen and oxygen atoms in total. The largest absolute Gasteiger partial charge is 0.444 e. The van der Waals surface area contributed by atoms with Gasteiger partial charge < -0.3 is 4.74 Å². The van der Waals surface area contributed by atoms with Gasteiger partial charge in [-0.15, -0.1) is 5.10 Å². The van der Waals surface area contributed by atoms with Crippen molar-refractivity contribution in [3.8, 4) is 0 Å². The molecule has 0 aliphatic carbocycles. The van der Waals surface area contributed by atoms with E-state index in [-0.39, 0.29) is 18.1 Å². The quantitative estimate of drug-likeness (QED) is 0.458. The summed E-state index contributed by atoms with van der Waals surface area (Å²) in [6.07, 6.45) is -0.0411. The van der Waals surface area contributed by atoms with Crippen molar-refractivity contribution in [3.05, 3.63) is 99.3 Å². The van der Waals surface area contributed by atoms with Crippen LogP contribution in [0.15, 0.2) is 65.5 Å². The number of ether oxygens (including phenoxy) is 1. The Bertz CT molecular complexity index is 1440. The normalized spacial score (nSPS) is 14.4. The van der Waals surface area contributed by atoms with E-state index in [2.05, 4.69) is 5.10 Å². The Morgan fingerprint density at radius 3 is 2.50 bits per heavy atom. The summed E-state index contributed by atoms with van der Waals surface area (Å²) < 4.78 is 21.9. The molecule has 0 radical (unpaired) electrons. The van der Waals surface area contributed by atoms with Gasteiger partial charge in [0.25, 0.3) is 0 Å². The molecular formula is C26H25FN4O3. The molecule has 0 spiro atoms. The van der Waals surface area contributed by atoms with Crippen molar-refractivity contribution in [1.82, 2.24) is 14.2 Å². The molecule has 0 unspecified atom stereocenters. The topological polar surface area (TPSA) is 68.8 Å². The molecule has 34 heavy (non-hydrogen) atoms. The zero-order valence-corrected chi connectivity index (χ0v) is 19.3. The van der Waals surface area contributed by atoms with Crippen LogP contribution in [0.3, 0.4) is 0 Å². The summed E-state index contributed by atoms with van der Waals surface area (Å²) in [6.45, 7) is 4.51. The first kappa shape index (κ1) is 21.9. The number of rotatable bonds is 4. The lowest BCUT2D eigenvalue weighted by Gasteiger charge is -2.20. The molecular weight excluding hydrogens is 435 g/mol. The number of aryl methyl sites for hydroxylation is 1. The van der Waals surface area contributed by atoms with E-state index in [0.29, 0.717) is 24.3 Å². The summed E-state index contributed by atoms with van der Waals surface area (Å²) in [5, 5.41) is 4.47. The predicted molar refractivity (Wildman–Crippen MR) is 127 cm³/mol. The second kappa shape index (κ2) is 8.13. The van der Waals surface area contributed by atoms with E-state index in [1.54, 1.807) is 28.5 Å². The van der Waals surface area contributed by atoms with Crippen LogP contribution in [0.1, 0.15) is 36.2 Å². The number of carbonyl (C=O) groups excluding carboxylic acids is 1. The highest BCUT2D eigenvalue weighted by Crippen LogP contribution is 2.42. The summed E-state index contributed by atoms with van der Waals surface area (Å²) in [5.41, 5.74) is 3.63. The molecule has 1 aliphatic heterocycles. The van der Waals surface area contributed by atoms with Crippen molar-refractivity contribution in [2.45, 2.75) is 32.3 Å². The lowest BCUT2D eigenvalue weighted by molar-refractivity contribution is 0.147. The number of aromatic nitrogens is 3. The van der Waals surface area contributed by atoms with Gasteiger partial charge in [-0.1, -0.05) is 56.3 Å². The van der Waals surface area contributed by atoms with Crippen molar-refractivity contribution in [2.75, 3.05) is 11.4 Å². The highest BCUT2D eigenvalue weighted by atomic mass is 19.1. The summed E-state index contributed by atoms with van der Waals surface area (Å²) in [7, 11) is 1.61. The second-order valence-electron chi connectivity index (χ2n) is 9.28. The van der Waals surface area contributed by atoms with Gasteiger partial charge >= 0.3 is 11.8 Å². The summed E-state index contributed by atoms with van der Waals surface area (Å²) in [5.74, 6) is -0.314.